The van der Waals surface area contributed by atoms with Gasteiger partial charge in [-0.3, -0.25) is 9.59 Å². The Morgan fingerprint density at radius 3 is 2.25 bits per heavy atom. The Balaban J connectivity index is 2.42. The van der Waals surface area contributed by atoms with Crippen LogP contribution in [0.5, 0.6) is 5.75 Å². The van der Waals surface area contributed by atoms with Gasteiger partial charge >= 0.3 is 5.97 Å². The highest BCUT2D eigenvalue weighted by Gasteiger charge is 2.29. The van der Waals surface area contributed by atoms with Crippen LogP contribution in [-0.2, 0) is 4.79 Å². The number of ketones is 1. The van der Waals surface area contributed by atoms with Crippen molar-refractivity contribution < 1.29 is 19.8 Å². The molecule has 0 fully saturated rings. The summed E-state index contributed by atoms with van der Waals surface area (Å²) < 4.78 is 0. The smallest absolute Gasteiger partial charge is 0.318 e. The summed E-state index contributed by atoms with van der Waals surface area (Å²) >= 11 is 0. The van der Waals surface area contributed by atoms with Crippen molar-refractivity contribution in [2.24, 2.45) is 0 Å². The number of carbonyl (C=O) groups is 2. The average Bonchev–Trinajstić information content (AvgIpc) is 2.42. The van der Waals surface area contributed by atoms with Crippen LogP contribution < -0.4 is 0 Å². The first kappa shape index (κ1) is 13.8. The highest BCUT2D eigenvalue weighted by Crippen LogP contribution is 2.25. The maximum Gasteiger partial charge on any atom is 0.318 e. The normalized spacial score (nSPS) is 11.8. The number of phenolic OH excluding ortho intramolecular Hbond substituents is 1. The predicted molar refractivity (Wildman–Crippen MR) is 74.0 cm³/mol. The lowest BCUT2D eigenvalue weighted by molar-refractivity contribution is -0.137. The van der Waals surface area contributed by atoms with Crippen molar-refractivity contribution >= 4 is 11.8 Å². The van der Waals surface area contributed by atoms with Crippen LogP contribution in [0.15, 0.2) is 48.5 Å². The first-order chi connectivity index (χ1) is 9.50. The number of aliphatic carboxylic acids is 1. The first-order valence-corrected chi connectivity index (χ1v) is 6.12. The van der Waals surface area contributed by atoms with Crippen LogP contribution in [0.2, 0.25) is 0 Å². The molecule has 2 aromatic rings. The highest BCUT2D eigenvalue weighted by molar-refractivity contribution is 6.12. The SMILES string of the molecule is Cc1ccc(C(=O)C(C(=O)O)c2ccccc2)cc1O. The van der Waals surface area contributed by atoms with Crippen molar-refractivity contribution in [1.29, 1.82) is 0 Å². The van der Waals surface area contributed by atoms with Crippen molar-refractivity contribution in [1.82, 2.24) is 0 Å². The van der Waals surface area contributed by atoms with Crippen molar-refractivity contribution in [2.45, 2.75) is 12.8 Å². The van der Waals surface area contributed by atoms with Gasteiger partial charge < -0.3 is 10.2 Å². The zero-order valence-electron chi connectivity index (χ0n) is 10.9. The predicted octanol–water partition coefficient (Wildman–Crippen LogP) is 2.75. The molecule has 0 saturated carbocycles. The van der Waals surface area contributed by atoms with Crippen molar-refractivity contribution in [3.63, 3.8) is 0 Å². The summed E-state index contributed by atoms with van der Waals surface area (Å²) in [6.45, 7) is 1.70. The average molecular weight is 270 g/mol. The molecule has 0 heterocycles. The lowest BCUT2D eigenvalue weighted by Gasteiger charge is -2.12. The molecule has 4 nitrogen and oxygen atoms in total. The summed E-state index contributed by atoms with van der Waals surface area (Å²) in [5.74, 6) is -3.04. The Bertz CT molecular complexity index is 647. The van der Waals surface area contributed by atoms with E-state index in [9.17, 15) is 19.8 Å². The maximum absolute atomic E-state index is 12.4. The molecule has 2 rings (SSSR count). The molecule has 0 aromatic heterocycles. The lowest BCUT2D eigenvalue weighted by Crippen LogP contribution is -2.21. The second-order valence-electron chi connectivity index (χ2n) is 4.55. The van der Waals surface area contributed by atoms with E-state index in [1.807, 2.05) is 0 Å². The van der Waals surface area contributed by atoms with Crippen molar-refractivity contribution in [3.8, 4) is 5.75 Å². The van der Waals surface area contributed by atoms with Gasteiger partial charge in [0.25, 0.3) is 0 Å². The Morgan fingerprint density at radius 2 is 1.70 bits per heavy atom. The summed E-state index contributed by atoms with van der Waals surface area (Å²) in [5.41, 5.74) is 1.24. The van der Waals surface area contributed by atoms with Gasteiger partial charge in [0.2, 0.25) is 0 Å². The van der Waals surface area contributed by atoms with E-state index in [1.54, 1.807) is 43.3 Å². The van der Waals surface area contributed by atoms with Gasteiger partial charge in [-0.1, -0.05) is 42.5 Å². The van der Waals surface area contributed by atoms with Crippen LogP contribution in [0.25, 0.3) is 0 Å². The maximum atomic E-state index is 12.4. The number of phenols is 1. The highest BCUT2D eigenvalue weighted by atomic mass is 16.4. The summed E-state index contributed by atoms with van der Waals surface area (Å²) in [7, 11) is 0. The van der Waals surface area contributed by atoms with E-state index in [1.165, 1.54) is 12.1 Å². The quantitative estimate of drug-likeness (QED) is 0.661. The second kappa shape index (κ2) is 5.57. The number of hydrogen-bond donors (Lipinski definition) is 2. The summed E-state index contributed by atoms with van der Waals surface area (Å²) in [5, 5.41) is 18.9. The third-order valence-electron chi connectivity index (χ3n) is 3.14. The standard InChI is InChI=1S/C16H14O4/c1-10-7-8-12(9-13(10)17)15(18)14(16(19)20)11-5-3-2-4-6-11/h2-9,14,17H,1H3,(H,19,20). The molecule has 0 radical (unpaired) electrons. The minimum absolute atomic E-state index is 0.0203. The monoisotopic (exact) mass is 270 g/mol. The van der Waals surface area contributed by atoms with Gasteiger partial charge in [-0.25, -0.2) is 0 Å². The molecule has 20 heavy (non-hydrogen) atoms. The molecule has 2 N–H and O–H groups in total. The van der Waals surface area contributed by atoms with Gasteiger partial charge in [0.1, 0.15) is 11.7 Å². The van der Waals surface area contributed by atoms with Gasteiger partial charge in [0, 0.05) is 5.56 Å². The summed E-state index contributed by atoms with van der Waals surface area (Å²) in [4.78, 5) is 23.7. The van der Waals surface area contributed by atoms with E-state index >= 15 is 0 Å². The van der Waals surface area contributed by atoms with Gasteiger partial charge in [0.15, 0.2) is 5.78 Å². The molecule has 0 spiro atoms. The number of aromatic hydroxyl groups is 1. The minimum atomic E-state index is -1.27. The van der Waals surface area contributed by atoms with Gasteiger partial charge in [-0.2, -0.15) is 0 Å². The second-order valence-corrected chi connectivity index (χ2v) is 4.55. The zero-order valence-corrected chi connectivity index (χ0v) is 10.9. The molecular formula is C16H14O4. The Hall–Kier alpha value is -2.62. The summed E-state index contributed by atoms with van der Waals surface area (Å²) in [6, 6.07) is 12.7. The Kier molecular flexibility index (Phi) is 3.84. The molecule has 4 heteroatoms. The lowest BCUT2D eigenvalue weighted by atomic mass is 9.90. The van der Waals surface area contributed by atoms with E-state index in [2.05, 4.69) is 0 Å². The van der Waals surface area contributed by atoms with Crippen LogP contribution in [0.3, 0.4) is 0 Å². The van der Waals surface area contributed by atoms with Crippen molar-refractivity contribution in [3.05, 3.63) is 65.2 Å². The van der Waals surface area contributed by atoms with E-state index < -0.39 is 17.7 Å². The molecule has 2 aromatic carbocycles. The van der Waals surface area contributed by atoms with Crippen LogP contribution in [0.1, 0.15) is 27.4 Å². The van der Waals surface area contributed by atoms with Crippen LogP contribution in [0.4, 0.5) is 0 Å². The number of rotatable bonds is 4. The molecule has 0 saturated heterocycles. The number of Topliss-reactive ketones (excluding diaryl/α,β-unsaturated/α-hetero) is 1. The minimum Gasteiger partial charge on any atom is -0.508 e. The molecule has 102 valence electrons. The van der Waals surface area contributed by atoms with Gasteiger partial charge in [0.05, 0.1) is 0 Å². The summed E-state index contributed by atoms with van der Waals surface area (Å²) in [6.07, 6.45) is 0. The molecule has 1 atom stereocenters. The largest absolute Gasteiger partial charge is 0.508 e. The molecular weight excluding hydrogens is 256 g/mol. The van der Waals surface area contributed by atoms with Crippen LogP contribution in [0, 0.1) is 6.92 Å². The van der Waals surface area contributed by atoms with Crippen LogP contribution >= 0.6 is 0 Å². The Labute approximate surface area is 116 Å². The van der Waals surface area contributed by atoms with Gasteiger partial charge in [-0.15, -0.1) is 0 Å². The fourth-order valence-corrected chi connectivity index (χ4v) is 1.98. The molecule has 0 aliphatic carbocycles. The van der Waals surface area contributed by atoms with Gasteiger partial charge in [-0.05, 0) is 24.1 Å². The number of carboxylic acids is 1. The fourth-order valence-electron chi connectivity index (χ4n) is 1.98. The zero-order chi connectivity index (χ0) is 14.7. The van der Waals surface area contributed by atoms with Crippen LogP contribution in [-0.4, -0.2) is 22.0 Å². The fraction of sp³-hybridized carbons (Fsp3) is 0.125. The number of carbonyl (C=O) groups excluding carboxylic acids is 1. The number of hydrogen-bond acceptors (Lipinski definition) is 3. The topological polar surface area (TPSA) is 74.6 Å². The number of carboxylic acid groups (broad SMARTS) is 1. The van der Waals surface area contributed by atoms with E-state index in [-0.39, 0.29) is 11.3 Å². The Morgan fingerprint density at radius 1 is 1.05 bits per heavy atom. The number of benzene rings is 2. The van der Waals surface area contributed by atoms with E-state index in [0.29, 0.717) is 11.1 Å². The third-order valence-corrected chi connectivity index (χ3v) is 3.14. The van der Waals surface area contributed by atoms with E-state index in [0.717, 1.165) is 0 Å². The number of aryl methyl sites for hydroxylation is 1. The first-order valence-electron chi connectivity index (χ1n) is 6.12. The van der Waals surface area contributed by atoms with Crippen molar-refractivity contribution in [2.75, 3.05) is 0 Å². The molecule has 0 aliphatic rings. The van der Waals surface area contributed by atoms with E-state index in [4.69, 9.17) is 0 Å². The molecule has 0 amide bonds. The molecule has 0 aliphatic heterocycles. The molecule has 1 unspecified atom stereocenters. The molecule has 0 bridgehead atoms. The third kappa shape index (κ3) is 2.69.